The van der Waals surface area contributed by atoms with Crippen LogP contribution in [0.1, 0.15) is 38.9 Å². The van der Waals surface area contributed by atoms with Crippen LogP contribution in [0.3, 0.4) is 0 Å². The minimum atomic E-state index is 0.482. The van der Waals surface area contributed by atoms with E-state index < -0.39 is 0 Å². The van der Waals surface area contributed by atoms with Crippen LogP contribution in [-0.4, -0.2) is 33.6 Å². The molecule has 17 heavy (non-hydrogen) atoms. The molecular formula is C13H24N4. The van der Waals surface area contributed by atoms with Crippen molar-refractivity contribution < 1.29 is 0 Å². The number of nitrogens with zero attached hydrogens (tertiary/aromatic N) is 3. The summed E-state index contributed by atoms with van der Waals surface area (Å²) in [6.45, 7) is 9.62. The molecule has 0 spiro atoms. The molecule has 4 nitrogen and oxygen atoms in total. The summed E-state index contributed by atoms with van der Waals surface area (Å²) in [5, 5.41) is 0. The Hall–Kier alpha value is -0.870. The van der Waals surface area contributed by atoms with Crippen molar-refractivity contribution in [3.8, 4) is 0 Å². The average Bonchev–Trinajstić information content (AvgIpc) is 2.87. The van der Waals surface area contributed by atoms with Gasteiger partial charge in [-0.1, -0.05) is 0 Å². The third-order valence-corrected chi connectivity index (χ3v) is 3.79. The van der Waals surface area contributed by atoms with Gasteiger partial charge < -0.3 is 10.3 Å². The zero-order chi connectivity index (χ0) is 12.4. The number of nitrogens with two attached hydrogens (primary N) is 1. The van der Waals surface area contributed by atoms with Crippen molar-refractivity contribution in [1.82, 2.24) is 14.5 Å². The molecule has 0 aliphatic carbocycles. The van der Waals surface area contributed by atoms with Crippen molar-refractivity contribution in [2.24, 2.45) is 11.7 Å². The van der Waals surface area contributed by atoms with Crippen LogP contribution in [0.15, 0.2) is 12.5 Å². The van der Waals surface area contributed by atoms with Crippen molar-refractivity contribution in [2.45, 2.75) is 45.8 Å². The Morgan fingerprint density at radius 2 is 2.29 bits per heavy atom. The van der Waals surface area contributed by atoms with Crippen LogP contribution in [0.25, 0.3) is 0 Å². The highest BCUT2D eigenvalue weighted by molar-refractivity contribution is 5.01. The van der Waals surface area contributed by atoms with Gasteiger partial charge in [-0.05, 0) is 39.7 Å². The summed E-state index contributed by atoms with van der Waals surface area (Å²) in [4.78, 5) is 6.78. The second-order valence-corrected chi connectivity index (χ2v) is 5.50. The first-order chi connectivity index (χ1) is 8.11. The van der Waals surface area contributed by atoms with Gasteiger partial charge in [0.15, 0.2) is 0 Å². The number of hydrogen-bond donors (Lipinski definition) is 1. The molecule has 0 bridgehead atoms. The Bertz CT molecular complexity index is 358. The number of hydrogen-bond acceptors (Lipinski definition) is 3. The summed E-state index contributed by atoms with van der Waals surface area (Å²) < 4.78 is 2.25. The van der Waals surface area contributed by atoms with Gasteiger partial charge >= 0.3 is 0 Å². The van der Waals surface area contributed by atoms with Crippen LogP contribution < -0.4 is 5.73 Å². The zero-order valence-electron chi connectivity index (χ0n) is 11.1. The molecule has 1 aromatic rings. The second-order valence-electron chi connectivity index (χ2n) is 5.50. The van der Waals surface area contributed by atoms with Crippen molar-refractivity contribution in [1.29, 1.82) is 0 Å². The number of likely N-dealkylation sites (tertiary alicyclic amines) is 1. The fraction of sp³-hybridized carbons (Fsp3) is 0.769. The molecule has 1 aliphatic rings. The molecule has 2 N–H and O–H groups in total. The molecule has 2 heterocycles. The van der Waals surface area contributed by atoms with Crippen LogP contribution in [0, 0.1) is 5.92 Å². The molecule has 0 amide bonds. The van der Waals surface area contributed by atoms with Gasteiger partial charge in [0.2, 0.25) is 0 Å². The number of imidazole rings is 1. The molecule has 4 heteroatoms. The van der Waals surface area contributed by atoms with Gasteiger partial charge in [0.05, 0.1) is 12.0 Å². The van der Waals surface area contributed by atoms with Gasteiger partial charge in [0.1, 0.15) is 0 Å². The lowest BCUT2D eigenvalue weighted by Gasteiger charge is -2.22. The summed E-state index contributed by atoms with van der Waals surface area (Å²) in [7, 11) is 0. The Labute approximate surface area is 104 Å². The molecule has 2 atom stereocenters. The quantitative estimate of drug-likeness (QED) is 0.864. The smallest absolute Gasteiger partial charge is 0.0951 e. The first-order valence-electron chi connectivity index (χ1n) is 6.56. The molecule has 2 rings (SSSR count). The zero-order valence-corrected chi connectivity index (χ0v) is 11.1. The molecule has 2 unspecified atom stereocenters. The summed E-state index contributed by atoms with van der Waals surface area (Å²) in [5.74, 6) is 0.667. The monoisotopic (exact) mass is 236 g/mol. The Kier molecular flexibility index (Phi) is 3.84. The van der Waals surface area contributed by atoms with E-state index in [2.05, 4.69) is 35.2 Å². The van der Waals surface area contributed by atoms with Crippen molar-refractivity contribution >= 4 is 0 Å². The van der Waals surface area contributed by atoms with E-state index in [0.717, 1.165) is 19.6 Å². The molecule has 0 radical (unpaired) electrons. The molecule has 1 aliphatic heterocycles. The predicted molar refractivity (Wildman–Crippen MR) is 69.6 cm³/mol. The first-order valence-corrected chi connectivity index (χ1v) is 6.56. The highest BCUT2D eigenvalue weighted by atomic mass is 15.2. The highest BCUT2D eigenvalue weighted by Crippen LogP contribution is 2.24. The summed E-state index contributed by atoms with van der Waals surface area (Å²) in [6, 6.07) is 1.12. The van der Waals surface area contributed by atoms with E-state index in [1.54, 1.807) is 0 Å². The summed E-state index contributed by atoms with van der Waals surface area (Å²) in [5.41, 5.74) is 7.08. The van der Waals surface area contributed by atoms with Crippen LogP contribution in [0.4, 0.5) is 0 Å². The maximum absolute atomic E-state index is 5.77. The number of rotatable bonds is 4. The topological polar surface area (TPSA) is 47.1 Å². The normalized spacial score (nSPS) is 25.9. The standard InChI is InChI=1S/C13H24N4/c1-10(2)17-9-15-6-13(17)8-16-7-12(5-14)4-11(16)3/h6,9-12H,4-5,7-8,14H2,1-3H3. The number of aromatic nitrogens is 2. The van der Waals surface area contributed by atoms with E-state index >= 15 is 0 Å². The lowest BCUT2D eigenvalue weighted by atomic mass is 10.1. The van der Waals surface area contributed by atoms with Crippen LogP contribution in [0.5, 0.6) is 0 Å². The van der Waals surface area contributed by atoms with Gasteiger partial charge in [-0.25, -0.2) is 4.98 Å². The van der Waals surface area contributed by atoms with Gasteiger partial charge in [0.25, 0.3) is 0 Å². The van der Waals surface area contributed by atoms with Crippen molar-refractivity contribution in [3.63, 3.8) is 0 Å². The van der Waals surface area contributed by atoms with E-state index in [4.69, 9.17) is 5.73 Å². The van der Waals surface area contributed by atoms with E-state index in [1.165, 1.54) is 12.1 Å². The average molecular weight is 236 g/mol. The Balaban J connectivity index is 2.03. The predicted octanol–water partition coefficient (Wildman–Crippen LogP) is 1.63. The lowest BCUT2D eigenvalue weighted by molar-refractivity contribution is 0.248. The molecule has 1 saturated heterocycles. The molecule has 1 fully saturated rings. The van der Waals surface area contributed by atoms with Gasteiger partial charge in [-0.15, -0.1) is 0 Å². The van der Waals surface area contributed by atoms with Crippen LogP contribution in [-0.2, 0) is 6.54 Å². The summed E-state index contributed by atoms with van der Waals surface area (Å²) in [6.07, 6.45) is 5.15. The lowest BCUT2D eigenvalue weighted by Crippen LogP contribution is -2.28. The largest absolute Gasteiger partial charge is 0.331 e. The SMILES string of the molecule is CC1CC(CN)CN1Cc1cncn1C(C)C. The van der Waals surface area contributed by atoms with Crippen LogP contribution >= 0.6 is 0 Å². The van der Waals surface area contributed by atoms with E-state index in [9.17, 15) is 0 Å². The maximum Gasteiger partial charge on any atom is 0.0951 e. The van der Waals surface area contributed by atoms with Gasteiger partial charge in [0, 0.05) is 31.4 Å². The molecule has 1 aromatic heterocycles. The fourth-order valence-corrected chi connectivity index (χ4v) is 2.74. The summed E-state index contributed by atoms with van der Waals surface area (Å²) >= 11 is 0. The molecule has 0 saturated carbocycles. The van der Waals surface area contributed by atoms with Gasteiger partial charge in [-0.2, -0.15) is 0 Å². The third-order valence-electron chi connectivity index (χ3n) is 3.79. The Morgan fingerprint density at radius 1 is 1.53 bits per heavy atom. The van der Waals surface area contributed by atoms with Crippen LogP contribution in [0.2, 0.25) is 0 Å². The second kappa shape index (κ2) is 5.19. The van der Waals surface area contributed by atoms with E-state index in [0.29, 0.717) is 18.0 Å². The third kappa shape index (κ3) is 2.69. The first kappa shape index (κ1) is 12.6. The molecular weight excluding hydrogens is 212 g/mol. The van der Waals surface area contributed by atoms with Crippen molar-refractivity contribution in [3.05, 3.63) is 18.2 Å². The van der Waals surface area contributed by atoms with Gasteiger partial charge in [-0.3, -0.25) is 4.90 Å². The molecule has 0 aromatic carbocycles. The Morgan fingerprint density at radius 3 is 2.88 bits per heavy atom. The fourth-order valence-electron chi connectivity index (χ4n) is 2.74. The highest BCUT2D eigenvalue weighted by Gasteiger charge is 2.28. The van der Waals surface area contributed by atoms with E-state index in [1.807, 2.05) is 12.5 Å². The minimum Gasteiger partial charge on any atom is -0.331 e. The molecule has 96 valence electrons. The van der Waals surface area contributed by atoms with Crippen molar-refractivity contribution in [2.75, 3.05) is 13.1 Å². The van der Waals surface area contributed by atoms with E-state index in [-0.39, 0.29) is 0 Å². The minimum absolute atomic E-state index is 0.482. The maximum atomic E-state index is 5.77.